The summed E-state index contributed by atoms with van der Waals surface area (Å²) in [6, 6.07) is 1.63. The van der Waals surface area contributed by atoms with E-state index in [4.69, 9.17) is 9.84 Å². The summed E-state index contributed by atoms with van der Waals surface area (Å²) in [6.07, 6.45) is -0.777. The number of hydrogen-bond acceptors (Lipinski definition) is 7. The van der Waals surface area contributed by atoms with Crippen LogP contribution in [0.25, 0.3) is 10.8 Å². The molecule has 1 saturated heterocycles. The van der Waals surface area contributed by atoms with Crippen LogP contribution in [0, 0.1) is 6.92 Å². The molecule has 2 aromatic rings. The van der Waals surface area contributed by atoms with Gasteiger partial charge in [-0.05, 0) is 19.8 Å². The first-order chi connectivity index (χ1) is 14.2. The highest BCUT2D eigenvalue weighted by Gasteiger charge is 2.37. The van der Waals surface area contributed by atoms with Gasteiger partial charge in [0.05, 0.1) is 13.1 Å². The molecule has 4 rings (SSSR count). The molecule has 0 atom stereocenters. The predicted molar refractivity (Wildman–Crippen MR) is 107 cm³/mol. The number of rotatable bonds is 5. The Labute approximate surface area is 176 Å². The van der Waals surface area contributed by atoms with Gasteiger partial charge in [-0.1, -0.05) is 0 Å². The van der Waals surface area contributed by atoms with Crippen molar-refractivity contribution in [1.29, 1.82) is 0 Å². The molecule has 162 valence electrons. The van der Waals surface area contributed by atoms with Gasteiger partial charge in [0, 0.05) is 43.1 Å². The Morgan fingerprint density at radius 3 is 2.60 bits per heavy atom. The lowest BCUT2D eigenvalue weighted by atomic mass is 9.91. The van der Waals surface area contributed by atoms with Crippen molar-refractivity contribution in [2.75, 3.05) is 25.0 Å². The van der Waals surface area contributed by atoms with Crippen LogP contribution >= 0.6 is 11.3 Å². The molecule has 1 N–H and O–H groups in total. The number of alkyl halides is 2. The molecule has 1 amide bonds. The van der Waals surface area contributed by atoms with E-state index in [1.807, 2.05) is 24.3 Å². The lowest BCUT2D eigenvalue weighted by Crippen LogP contribution is -2.55. The van der Waals surface area contributed by atoms with Crippen LogP contribution in [0.1, 0.15) is 31.4 Å². The lowest BCUT2D eigenvalue weighted by molar-refractivity contribution is -0.0378. The second kappa shape index (κ2) is 7.93. The van der Waals surface area contributed by atoms with Gasteiger partial charge in [-0.3, -0.25) is 0 Å². The van der Waals surface area contributed by atoms with Gasteiger partial charge in [0.15, 0.2) is 10.8 Å². The second-order valence-electron chi connectivity index (χ2n) is 7.81. The van der Waals surface area contributed by atoms with Crippen LogP contribution in [0.15, 0.2) is 11.4 Å². The number of thiazole rings is 1. The maximum Gasteiger partial charge on any atom is 0.407 e. The highest BCUT2D eigenvalue weighted by Crippen LogP contribution is 2.36. The van der Waals surface area contributed by atoms with Crippen molar-refractivity contribution >= 4 is 23.2 Å². The van der Waals surface area contributed by atoms with E-state index in [0.29, 0.717) is 35.4 Å². The predicted octanol–water partition coefficient (Wildman–Crippen LogP) is 3.66. The molecule has 0 spiro atoms. The third kappa shape index (κ3) is 4.45. The van der Waals surface area contributed by atoms with Crippen LogP contribution in [0.5, 0.6) is 5.88 Å². The van der Waals surface area contributed by atoms with E-state index >= 15 is 0 Å². The number of ether oxygens (including phenoxy) is 1. The molecule has 0 bridgehead atoms. The maximum atomic E-state index is 13.6. The van der Waals surface area contributed by atoms with Crippen molar-refractivity contribution in [3.8, 4) is 16.7 Å². The standard InChI is InChI=1S/C19H23F2N5O3S/c1-11-10-30-17(22-11)16-23-14(25(2)12-3-5-19(20,21)6-4-12)7-15(24-16)29-13-8-26(9-13)18(27)28/h7,10,12-13H,3-6,8-9H2,1-2H3,(H,27,28). The first-order valence-corrected chi connectivity index (χ1v) is 10.6. The normalized spacial score (nSPS) is 19.4. The van der Waals surface area contributed by atoms with E-state index in [0.717, 1.165) is 5.69 Å². The molecule has 1 aliphatic heterocycles. The van der Waals surface area contributed by atoms with Crippen LogP contribution in [-0.2, 0) is 0 Å². The van der Waals surface area contributed by atoms with Crippen molar-refractivity contribution in [3.63, 3.8) is 0 Å². The highest BCUT2D eigenvalue weighted by molar-refractivity contribution is 7.13. The van der Waals surface area contributed by atoms with Gasteiger partial charge in [0.25, 0.3) is 0 Å². The summed E-state index contributed by atoms with van der Waals surface area (Å²) < 4.78 is 33.0. The Morgan fingerprint density at radius 1 is 1.30 bits per heavy atom. The number of aromatic nitrogens is 3. The minimum absolute atomic E-state index is 0.0514. The molecule has 8 nitrogen and oxygen atoms in total. The van der Waals surface area contributed by atoms with E-state index in [1.165, 1.54) is 16.2 Å². The van der Waals surface area contributed by atoms with E-state index in [9.17, 15) is 13.6 Å². The first-order valence-electron chi connectivity index (χ1n) is 9.77. The summed E-state index contributed by atoms with van der Waals surface area (Å²) in [7, 11) is 1.84. The Hall–Kier alpha value is -2.56. The van der Waals surface area contributed by atoms with Crippen LogP contribution in [0.2, 0.25) is 0 Å². The fourth-order valence-electron chi connectivity index (χ4n) is 3.65. The van der Waals surface area contributed by atoms with Crippen molar-refractivity contribution in [1.82, 2.24) is 19.9 Å². The zero-order chi connectivity index (χ0) is 21.5. The van der Waals surface area contributed by atoms with Crippen LogP contribution in [0.4, 0.5) is 19.4 Å². The van der Waals surface area contributed by atoms with Gasteiger partial charge in [-0.2, -0.15) is 4.98 Å². The summed E-state index contributed by atoms with van der Waals surface area (Å²) in [4.78, 5) is 27.6. The fourth-order valence-corrected chi connectivity index (χ4v) is 4.37. The van der Waals surface area contributed by atoms with Crippen molar-refractivity contribution < 1.29 is 23.4 Å². The summed E-state index contributed by atoms with van der Waals surface area (Å²) in [5.74, 6) is -1.29. The molecule has 3 heterocycles. The summed E-state index contributed by atoms with van der Waals surface area (Å²) >= 11 is 1.41. The molecule has 2 fully saturated rings. The van der Waals surface area contributed by atoms with Gasteiger partial charge >= 0.3 is 6.09 Å². The lowest BCUT2D eigenvalue weighted by Gasteiger charge is -2.37. The molecule has 0 aromatic carbocycles. The molecular weight excluding hydrogens is 416 g/mol. The monoisotopic (exact) mass is 439 g/mol. The SMILES string of the molecule is Cc1csc(-c2nc(OC3CN(C(=O)O)C3)cc(N(C)C3CCC(F)(F)CC3)n2)n1. The van der Waals surface area contributed by atoms with E-state index in [-0.39, 0.29) is 38.1 Å². The number of halogens is 2. The first kappa shape index (κ1) is 20.7. The van der Waals surface area contributed by atoms with E-state index in [1.54, 1.807) is 6.07 Å². The molecule has 1 saturated carbocycles. The molecule has 2 aliphatic rings. The third-order valence-electron chi connectivity index (χ3n) is 5.50. The van der Waals surface area contributed by atoms with Crippen molar-refractivity contribution in [3.05, 3.63) is 17.1 Å². The zero-order valence-electron chi connectivity index (χ0n) is 16.7. The van der Waals surface area contributed by atoms with Crippen LogP contribution in [-0.4, -0.2) is 69.3 Å². The minimum Gasteiger partial charge on any atom is -0.470 e. The average molecular weight is 439 g/mol. The summed E-state index contributed by atoms with van der Waals surface area (Å²) in [5, 5.41) is 11.5. The van der Waals surface area contributed by atoms with Crippen molar-refractivity contribution in [2.24, 2.45) is 0 Å². The number of likely N-dealkylation sites (tertiary alicyclic amines) is 1. The molecule has 30 heavy (non-hydrogen) atoms. The molecular formula is C19H23F2N5O3S. The number of anilines is 1. The van der Waals surface area contributed by atoms with Crippen LogP contribution < -0.4 is 9.64 Å². The second-order valence-corrected chi connectivity index (χ2v) is 8.67. The molecule has 11 heteroatoms. The van der Waals surface area contributed by atoms with Crippen LogP contribution in [0.3, 0.4) is 0 Å². The molecule has 0 unspecified atom stereocenters. The van der Waals surface area contributed by atoms with E-state index < -0.39 is 12.0 Å². The average Bonchev–Trinajstić information content (AvgIpc) is 3.10. The Balaban J connectivity index is 1.56. The van der Waals surface area contributed by atoms with Gasteiger partial charge in [0.1, 0.15) is 11.9 Å². The summed E-state index contributed by atoms with van der Waals surface area (Å²) in [6.45, 7) is 2.42. The fraction of sp³-hybridized carbons (Fsp3) is 0.579. The quantitative estimate of drug-likeness (QED) is 0.760. The number of hydrogen-bond donors (Lipinski definition) is 1. The Bertz CT molecular complexity index is 925. The zero-order valence-corrected chi connectivity index (χ0v) is 17.5. The number of carboxylic acid groups (broad SMARTS) is 1. The number of carbonyl (C=O) groups is 1. The minimum atomic E-state index is -2.60. The Morgan fingerprint density at radius 2 is 2.00 bits per heavy atom. The molecule has 2 aromatic heterocycles. The van der Waals surface area contributed by atoms with Gasteiger partial charge in [-0.15, -0.1) is 11.3 Å². The third-order valence-corrected chi connectivity index (χ3v) is 6.46. The summed E-state index contributed by atoms with van der Waals surface area (Å²) in [5.41, 5.74) is 0.852. The maximum absolute atomic E-state index is 13.6. The van der Waals surface area contributed by atoms with Gasteiger partial charge in [-0.25, -0.2) is 23.5 Å². The number of aryl methyl sites for hydroxylation is 1. The molecule has 0 radical (unpaired) electrons. The van der Waals surface area contributed by atoms with Gasteiger partial charge < -0.3 is 19.6 Å². The topological polar surface area (TPSA) is 91.7 Å². The van der Waals surface area contributed by atoms with Gasteiger partial charge in [0.2, 0.25) is 11.8 Å². The smallest absolute Gasteiger partial charge is 0.407 e. The van der Waals surface area contributed by atoms with Crippen molar-refractivity contribution in [2.45, 2.75) is 50.7 Å². The van der Waals surface area contributed by atoms with E-state index in [2.05, 4.69) is 15.0 Å². The number of amides is 1. The largest absolute Gasteiger partial charge is 0.470 e. The highest BCUT2D eigenvalue weighted by atomic mass is 32.1. The molecule has 1 aliphatic carbocycles. The number of nitrogens with zero attached hydrogens (tertiary/aromatic N) is 5. The Kier molecular flexibility index (Phi) is 5.48.